The summed E-state index contributed by atoms with van der Waals surface area (Å²) in [5.74, 6) is 0. The molecule has 1 unspecified atom stereocenters. The zero-order chi connectivity index (χ0) is 18.4. The summed E-state index contributed by atoms with van der Waals surface area (Å²) in [7, 11) is 0. The van der Waals surface area contributed by atoms with Gasteiger partial charge in [0.25, 0.3) is 0 Å². The van der Waals surface area contributed by atoms with E-state index in [2.05, 4.69) is 23.3 Å². The van der Waals surface area contributed by atoms with Gasteiger partial charge in [0.1, 0.15) is 6.23 Å². The van der Waals surface area contributed by atoms with Gasteiger partial charge >= 0.3 is 0 Å². The van der Waals surface area contributed by atoms with Crippen molar-refractivity contribution in [1.29, 1.82) is 0 Å². The van der Waals surface area contributed by atoms with Crippen molar-refractivity contribution in [2.24, 2.45) is 4.99 Å². The van der Waals surface area contributed by atoms with Crippen LogP contribution in [-0.4, -0.2) is 23.6 Å². The Morgan fingerprint density at radius 3 is 2.64 bits per heavy atom. The van der Waals surface area contributed by atoms with Gasteiger partial charge in [0, 0.05) is 17.9 Å². The highest BCUT2D eigenvalue weighted by Gasteiger charge is 2.08. The summed E-state index contributed by atoms with van der Waals surface area (Å²) in [6.07, 6.45) is 0.911. The highest BCUT2D eigenvalue weighted by Crippen LogP contribution is 2.24. The van der Waals surface area contributed by atoms with Crippen molar-refractivity contribution in [3.63, 3.8) is 0 Å². The van der Waals surface area contributed by atoms with Crippen molar-refractivity contribution in [2.45, 2.75) is 39.8 Å². The molecule has 3 nitrogen and oxygen atoms in total. The Labute approximate surface area is 159 Å². The molecule has 25 heavy (non-hydrogen) atoms. The summed E-state index contributed by atoms with van der Waals surface area (Å²) in [5.41, 5.74) is 5.24. The minimum atomic E-state index is -0.540. The first-order valence-electron chi connectivity index (χ1n) is 8.42. The predicted molar refractivity (Wildman–Crippen MR) is 108 cm³/mol. The molecule has 5 heteroatoms. The SMILES string of the molecule is CCC(O)Nc1cccc(C)c1CCN=C(C)c1ccc(Cl)c(Cl)c1. The Hall–Kier alpha value is -1.55. The van der Waals surface area contributed by atoms with Gasteiger partial charge in [0.2, 0.25) is 0 Å². The maximum Gasteiger partial charge on any atom is 0.124 e. The molecule has 2 aromatic carbocycles. The van der Waals surface area contributed by atoms with E-state index in [9.17, 15) is 5.11 Å². The van der Waals surface area contributed by atoms with Crippen LogP contribution in [0.25, 0.3) is 0 Å². The minimum absolute atomic E-state index is 0.535. The van der Waals surface area contributed by atoms with Gasteiger partial charge in [-0.05, 0) is 61.6 Å². The van der Waals surface area contributed by atoms with Gasteiger partial charge in [-0.2, -0.15) is 0 Å². The maximum atomic E-state index is 9.88. The van der Waals surface area contributed by atoms with Crippen molar-refractivity contribution in [2.75, 3.05) is 11.9 Å². The lowest BCUT2D eigenvalue weighted by Gasteiger charge is -2.17. The molecular formula is C20H24Cl2N2O. The topological polar surface area (TPSA) is 44.6 Å². The molecule has 0 aromatic heterocycles. The first-order valence-corrected chi connectivity index (χ1v) is 9.17. The van der Waals surface area contributed by atoms with Crippen LogP contribution in [-0.2, 0) is 6.42 Å². The molecule has 0 spiro atoms. The largest absolute Gasteiger partial charge is 0.374 e. The zero-order valence-electron chi connectivity index (χ0n) is 14.8. The van der Waals surface area contributed by atoms with Crippen LogP contribution in [0.4, 0.5) is 5.69 Å². The molecule has 0 aliphatic heterocycles. The molecule has 1 atom stereocenters. The second-order valence-corrected chi connectivity index (χ2v) is 6.83. The second kappa shape index (κ2) is 9.23. The van der Waals surface area contributed by atoms with E-state index in [0.717, 1.165) is 23.4 Å². The fourth-order valence-electron chi connectivity index (χ4n) is 2.60. The lowest BCUT2D eigenvalue weighted by molar-refractivity contribution is 0.199. The highest BCUT2D eigenvalue weighted by molar-refractivity contribution is 6.42. The summed E-state index contributed by atoms with van der Waals surface area (Å²) in [5, 5.41) is 14.1. The van der Waals surface area contributed by atoms with Crippen LogP contribution in [0, 0.1) is 6.92 Å². The number of nitrogens with zero attached hydrogens (tertiary/aromatic N) is 1. The van der Waals surface area contributed by atoms with Gasteiger partial charge in [0.15, 0.2) is 0 Å². The van der Waals surface area contributed by atoms with Gasteiger partial charge in [-0.1, -0.05) is 48.3 Å². The monoisotopic (exact) mass is 378 g/mol. The fraction of sp³-hybridized carbons (Fsp3) is 0.350. The molecule has 0 radical (unpaired) electrons. The van der Waals surface area contributed by atoms with Crippen molar-refractivity contribution in [3.05, 3.63) is 63.1 Å². The van der Waals surface area contributed by atoms with Gasteiger partial charge in [-0.25, -0.2) is 0 Å². The fourth-order valence-corrected chi connectivity index (χ4v) is 2.90. The maximum absolute atomic E-state index is 9.88. The van der Waals surface area contributed by atoms with E-state index in [-0.39, 0.29) is 0 Å². The van der Waals surface area contributed by atoms with Gasteiger partial charge in [0.05, 0.1) is 10.0 Å². The number of rotatable bonds is 7. The summed E-state index contributed by atoms with van der Waals surface area (Å²) in [6.45, 7) is 6.65. The van der Waals surface area contributed by atoms with E-state index in [1.54, 1.807) is 6.07 Å². The van der Waals surface area contributed by atoms with Crippen LogP contribution in [0.3, 0.4) is 0 Å². The Balaban J connectivity index is 2.11. The van der Waals surface area contributed by atoms with Crippen molar-refractivity contribution in [1.82, 2.24) is 0 Å². The molecule has 2 aromatic rings. The van der Waals surface area contributed by atoms with Crippen LogP contribution >= 0.6 is 23.2 Å². The molecule has 2 N–H and O–H groups in total. The Morgan fingerprint density at radius 2 is 1.96 bits per heavy atom. The number of anilines is 1. The Kier molecular flexibility index (Phi) is 7.30. The lowest BCUT2D eigenvalue weighted by Crippen LogP contribution is -2.18. The number of hydrogen-bond donors (Lipinski definition) is 2. The van der Waals surface area contributed by atoms with E-state index < -0.39 is 6.23 Å². The third-order valence-electron chi connectivity index (χ3n) is 4.17. The van der Waals surface area contributed by atoms with Crippen LogP contribution in [0.1, 0.15) is 37.0 Å². The standard InChI is InChI=1S/C20H24Cl2N2O/c1-4-20(25)24-19-7-5-6-13(2)16(19)10-11-23-14(3)15-8-9-17(21)18(22)12-15/h5-9,12,20,24-25H,4,10-11H2,1-3H3. The van der Waals surface area contributed by atoms with Crippen molar-refractivity contribution in [3.8, 4) is 0 Å². The molecule has 0 aliphatic carbocycles. The summed E-state index contributed by atoms with van der Waals surface area (Å²) in [6, 6.07) is 11.6. The molecule has 0 saturated heterocycles. The zero-order valence-corrected chi connectivity index (χ0v) is 16.3. The molecule has 134 valence electrons. The second-order valence-electron chi connectivity index (χ2n) is 6.02. The quantitative estimate of drug-likeness (QED) is 0.493. The molecule has 0 heterocycles. The number of hydrogen-bond acceptors (Lipinski definition) is 3. The number of aliphatic imine (C=N–C) groups is 1. The highest BCUT2D eigenvalue weighted by atomic mass is 35.5. The van der Waals surface area contributed by atoms with Gasteiger partial charge in [-0.3, -0.25) is 4.99 Å². The lowest BCUT2D eigenvalue weighted by atomic mass is 10.0. The predicted octanol–water partition coefficient (Wildman–Crippen LogP) is 5.49. The van der Waals surface area contributed by atoms with Crippen LogP contribution in [0.15, 0.2) is 41.4 Å². The van der Waals surface area contributed by atoms with Crippen LogP contribution in [0.5, 0.6) is 0 Å². The number of aryl methyl sites for hydroxylation is 1. The average molecular weight is 379 g/mol. The molecule has 0 amide bonds. The number of aliphatic hydroxyl groups is 1. The van der Waals surface area contributed by atoms with Crippen LogP contribution in [0.2, 0.25) is 10.0 Å². The smallest absolute Gasteiger partial charge is 0.124 e. The minimum Gasteiger partial charge on any atom is -0.374 e. The van der Waals surface area contributed by atoms with Crippen LogP contribution < -0.4 is 5.32 Å². The van der Waals surface area contributed by atoms with E-state index in [1.807, 2.05) is 38.1 Å². The molecule has 0 aliphatic rings. The molecular weight excluding hydrogens is 355 g/mol. The van der Waals surface area contributed by atoms with Crippen molar-refractivity contribution >= 4 is 34.6 Å². The number of nitrogens with one attached hydrogen (secondary N) is 1. The Bertz CT molecular complexity index is 759. The number of benzene rings is 2. The summed E-state index contributed by atoms with van der Waals surface area (Å²) in [4.78, 5) is 4.67. The normalized spacial score (nSPS) is 13.0. The number of halogens is 2. The third-order valence-corrected chi connectivity index (χ3v) is 4.91. The molecule has 0 saturated carbocycles. The van der Waals surface area contributed by atoms with E-state index in [4.69, 9.17) is 23.2 Å². The first kappa shape index (κ1) is 19.8. The molecule has 2 rings (SSSR count). The Morgan fingerprint density at radius 1 is 1.20 bits per heavy atom. The summed E-state index contributed by atoms with van der Waals surface area (Å²) < 4.78 is 0. The van der Waals surface area contributed by atoms with E-state index in [1.165, 1.54) is 11.1 Å². The van der Waals surface area contributed by atoms with Crippen molar-refractivity contribution < 1.29 is 5.11 Å². The van der Waals surface area contributed by atoms with E-state index in [0.29, 0.717) is 23.0 Å². The first-order chi connectivity index (χ1) is 11.9. The third kappa shape index (κ3) is 5.46. The molecule has 0 bridgehead atoms. The summed E-state index contributed by atoms with van der Waals surface area (Å²) >= 11 is 12.0. The van der Waals surface area contributed by atoms with E-state index >= 15 is 0 Å². The van der Waals surface area contributed by atoms with Gasteiger partial charge < -0.3 is 10.4 Å². The van der Waals surface area contributed by atoms with Gasteiger partial charge in [-0.15, -0.1) is 0 Å². The average Bonchev–Trinajstić information content (AvgIpc) is 2.59. The number of aliphatic hydroxyl groups excluding tert-OH is 1. The molecule has 0 fully saturated rings.